The average Bonchev–Trinajstić information content (AvgIpc) is 2.74. The lowest BCUT2D eigenvalue weighted by atomic mass is 10.1. The molecule has 0 aliphatic heterocycles. The first-order chi connectivity index (χ1) is 14.0. The van der Waals surface area contributed by atoms with E-state index in [-0.39, 0.29) is 17.5 Å². The van der Waals surface area contributed by atoms with Gasteiger partial charge in [0, 0.05) is 19.7 Å². The van der Waals surface area contributed by atoms with Gasteiger partial charge < -0.3 is 15.0 Å². The zero-order chi connectivity index (χ0) is 20.6. The zero-order valence-electron chi connectivity index (χ0n) is 16.3. The molecule has 3 aromatic carbocycles. The fraction of sp³-hybridized carbons (Fsp3) is 0.0833. The monoisotopic (exact) mass is 386 g/mol. The molecule has 0 fully saturated rings. The number of ether oxygens (including phenoxy) is 1. The first kappa shape index (κ1) is 19.9. The van der Waals surface area contributed by atoms with Crippen LogP contribution in [0.1, 0.15) is 15.9 Å². The Labute approximate surface area is 170 Å². The van der Waals surface area contributed by atoms with Gasteiger partial charge in [0.15, 0.2) is 0 Å². The lowest BCUT2D eigenvalue weighted by Crippen LogP contribution is -2.34. The number of nitrogens with one attached hydrogen (secondary N) is 1. The molecule has 0 spiro atoms. The molecule has 1 N–H and O–H groups in total. The largest absolute Gasteiger partial charge is 0.457 e. The predicted octanol–water partition coefficient (Wildman–Crippen LogP) is 4.34. The smallest absolute Gasteiger partial charge is 0.269 e. The molecule has 0 bridgehead atoms. The number of benzene rings is 3. The van der Waals surface area contributed by atoms with Gasteiger partial charge in [-0.25, -0.2) is 0 Å². The Balaban J connectivity index is 1.86. The lowest BCUT2D eigenvalue weighted by Gasteiger charge is -2.15. The van der Waals surface area contributed by atoms with Gasteiger partial charge in [-0.05, 0) is 48.0 Å². The number of nitrogens with zero attached hydrogens (tertiary/aromatic N) is 1. The summed E-state index contributed by atoms with van der Waals surface area (Å²) in [6.07, 6.45) is 1.64. The maximum absolute atomic E-state index is 12.6. The van der Waals surface area contributed by atoms with Crippen molar-refractivity contribution < 1.29 is 14.3 Å². The van der Waals surface area contributed by atoms with E-state index in [1.54, 1.807) is 44.4 Å². The Morgan fingerprint density at radius 1 is 0.828 bits per heavy atom. The molecule has 0 atom stereocenters. The highest BCUT2D eigenvalue weighted by Crippen LogP contribution is 2.22. The molecule has 29 heavy (non-hydrogen) atoms. The molecule has 2 amide bonds. The van der Waals surface area contributed by atoms with Crippen LogP contribution in [0.25, 0.3) is 6.08 Å². The lowest BCUT2D eigenvalue weighted by molar-refractivity contribution is -0.124. The van der Waals surface area contributed by atoms with Crippen LogP contribution in [0.5, 0.6) is 11.5 Å². The number of hydrogen-bond acceptors (Lipinski definition) is 3. The first-order valence-corrected chi connectivity index (χ1v) is 9.15. The Morgan fingerprint density at radius 2 is 1.45 bits per heavy atom. The quantitative estimate of drug-likeness (QED) is 0.641. The second-order valence-corrected chi connectivity index (χ2v) is 6.57. The van der Waals surface area contributed by atoms with Gasteiger partial charge in [0.2, 0.25) is 0 Å². The molecule has 5 heteroatoms. The van der Waals surface area contributed by atoms with Crippen molar-refractivity contribution >= 4 is 17.9 Å². The maximum Gasteiger partial charge on any atom is 0.269 e. The van der Waals surface area contributed by atoms with Crippen molar-refractivity contribution in [2.24, 2.45) is 0 Å². The third-order valence-corrected chi connectivity index (χ3v) is 4.07. The van der Waals surface area contributed by atoms with E-state index in [2.05, 4.69) is 5.32 Å². The van der Waals surface area contributed by atoms with E-state index < -0.39 is 0 Å². The van der Waals surface area contributed by atoms with E-state index in [0.717, 1.165) is 11.3 Å². The fourth-order valence-electron chi connectivity index (χ4n) is 2.64. The molecule has 0 saturated carbocycles. The number of carbonyl (C=O) groups is 2. The van der Waals surface area contributed by atoms with Gasteiger partial charge in [0.25, 0.3) is 11.8 Å². The van der Waals surface area contributed by atoms with E-state index >= 15 is 0 Å². The Kier molecular flexibility index (Phi) is 6.43. The molecule has 3 rings (SSSR count). The van der Waals surface area contributed by atoms with Crippen LogP contribution < -0.4 is 10.1 Å². The Hall–Kier alpha value is -3.86. The Bertz CT molecular complexity index is 1010. The van der Waals surface area contributed by atoms with Gasteiger partial charge in [-0.1, -0.05) is 48.5 Å². The molecular weight excluding hydrogens is 364 g/mol. The minimum Gasteiger partial charge on any atom is -0.457 e. The normalized spacial score (nSPS) is 10.9. The average molecular weight is 386 g/mol. The molecule has 0 heterocycles. The van der Waals surface area contributed by atoms with Gasteiger partial charge in [-0.2, -0.15) is 0 Å². The number of hydrogen-bond donors (Lipinski definition) is 1. The summed E-state index contributed by atoms with van der Waals surface area (Å²) in [5.41, 5.74) is 1.39. The van der Waals surface area contributed by atoms with E-state index in [4.69, 9.17) is 4.74 Å². The minimum absolute atomic E-state index is 0.181. The molecule has 146 valence electrons. The van der Waals surface area contributed by atoms with Crippen LogP contribution in [0.2, 0.25) is 0 Å². The molecule has 0 aliphatic rings. The summed E-state index contributed by atoms with van der Waals surface area (Å²) in [7, 11) is 3.28. The highest BCUT2D eigenvalue weighted by Gasteiger charge is 2.16. The summed E-state index contributed by atoms with van der Waals surface area (Å²) in [5, 5.41) is 2.72. The van der Waals surface area contributed by atoms with Crippen molar-refractivity contribution in [2.75, 3.05) is 14.1 Å². The topological polar surface area (TPSA) is 58.6 Å². The predicted molar refractivity (Wildman–Crippen MR) is 114 cm³/mol. The Morgan fingerprint density at radius 3 is 2.10 bits per heavy atom. The van der Waals surface area contributed by atoms with Crippen molar-refractivity contribution in [3.05, 3.63) is 102 Å². The van der Waals surface area contributed by atoms with E-state index in [1.165, 1.54) is 4.90 Å². The van der Waals surface area contributed by atoms with Gasteiger partial charge in [-0.3, -0.25) is 9.59 Å². The molecule has 5 nitrogen and oxygen atoms in total. The van der Waals surface area contributed by atoms with Crippen LogP contribution >= 0.6 is 0 Å². The summed E-state index contributed by atoms with van der Waals surface area (Å²) in [4.78, 5) is 26.6. The van der Waals surface area contributed by atoms with Crippen LogP contribution in [-0.2, 0) is 4.79 Å². The van der Waals surface area contributed by atoms with Crippen molar-refractivity contribution in [1.29, 1.82) is 0 Å². The molecule has 0 radical (unpaired) electrons. The van der Waals surface area contributed by atoms with Crippen LogP contribution in [0.4, 0.5) is 0 Å². The van der Waals surface area contributed by atoms with Gasteiger partial charge >= 0.3 is 0 Å². The van der Waals surface area contributed by atoms with Crippen LogP contribution in [-0.4, -0.2) is 30.8 Å². The zero-order valence-corrected chi connectivity index (χ0v) is 16.3. The number of likely N-dealkylation sites (N-methyl/N-ethyl adjacent to an activating group) is 1. The van der Waals surface area contributed by atoms with Crippen molar-refractivity contribution in [3.63, 3.8) is 0 Å². The van der Waals surface area contributed by atoms with Crippen molar-refractivity contribution in [3.8, 4) is 11.5 Å². The summed E-state index contributed by atoms with van der Waals surface area (Å²) in [6.45, 7) is 0. The van der Waals surface area contributed by atoms with Crippen molar-refractivity contribution in [1.82, 2.24) is 10.2 Å². The SMILES string of the molecule is CN(C)C(=O)C(=Cc1cccc(Oc2ccccc2)c1)NC(=O)c1ccccc1. The van der Waals surface area contributed by atoms with Crippen LogP contribution in [0, 0.1) is 0 Å². The third-order valence-electron chi connectivity index (χ3n) is 4.07. The second kappa shape index (κ2) is 9.37. The summed E-state index contributed by atoms with van der Waals surface area (Å²) in [5.74, 6) is 0.707. The maximum atomic E-state index is 12.6. The minimum atomic E-state index is -0.344. The molecule has 0 aliphatic carbocycles. The van der Waals surface area contributed by atoms with Gasteiger partial charge in [0.05, 0.1) is 0 Å². The number of amides is 2. The fourth-order valence-corrected chi connectivity index (χ4v) is 2.64. The molecule has 3 aromatic rings. The van der Waals surface area contributed by atoms with E-state index in [1.807, 2.05) is 60.7 Å². The molecule has 0 unspecified atom stereocenters. The number of rotatable bonds is 6. The highest BCUT2D eigenvalue weighted by atomic mass is 16.5. The summed E-state index contributed by atoms with van der Waals surface area (Å²) >= 11 is 0. The number of para-hydroxylation sites is 1. The molecule has 0 saturated heterocycles. The van der Waals surface area contributed by atoms with E-state index in [0.29, 0.717) is 11.3 Å². The number of carbonyl (C=O) groups excluding carboxylic acids is 2. The van der Waals surface area contributed by atoms with Crippen molar-refractivity contribution in [2.45, 2.75) is 0 Å². The highest BCUT2D eigenvalue weighted by molar-refractivity contribution is 6.05. The summed E-state index contributed by atoms with van der Waals surface area (Å²) in [6, 6.07) is 25.5. The summed E-state index contributed by atoms with van der Waals surface area (Å²) < 4.78 is 5.85. The van der Waals surface area contributed by atoms with Gasteiger partial charge in [-0.15, -0.1) is 0 Å². The van der Waals surface area contributed by atoms with Crippen LogP contribution in [0.3, 0.4) is 0 Å². The van der Waals surface area contributed by atoms with Gasteiger partial charge in [0.1, 0.15) is 17.2 Å². The molecular formula is C24H22N2O3. The second-order valence-electron chi connectivity index (χ2n) is 6.57. The van der Waals surface area contributed by atoms with Crippen LogP contribution in [0.15, 0.2) is 90.6 Å². The molecule has 0 aromatic heterocycles. The first-order valence-electron chi connectivity index (χ1n) is 9.15. The standard InChI is InChI=1S/C24H22N2O3/c1-26(2)24(28)22(25-23(27)19-11-5-3-6-12-19)17-18-10-9-15-21(16-18)29-20-13-7-4-8-14-20/h3-17H,1-2H3,(H,25,27). The third kappa shape index (κ3) is 5.56. The van der Waals surface area contributed by atoms with E-state index in [9.17, 15) is 9.59 Å².